The zero-order valence-electron chi connectivity index (χ0n) is 14.9. The molecule has 0 radical (unpaired) electrons. The molecule has 148 valence electrons. The van der Waals surface area contributed by atoms with Gasteiger partial charge in [0.2, 0.25) is 5.91 Å². The SMILES string of the molecule is CC12C[C@H](O)C(C)(O1)[C@]1(N)C(=O)N(c3ccc(C#N)c(C(F)(F)F)c3)C(=O)[C@H]21. The highest BCUT2D eigenvalue weighted by atomic mass is 19.4. The Morgan fingerprint density at radius 3 is 2.57 bits per heavy atom. The van der Waals surface area contributed by atoms with E-state index < -0.39 is 57.9 Å². The van der Waals surface area contributed by atoms with Crippen molar-refractivity contribution in [2.45, 2.75) is 49.3 Å². The van der Waals surface area contributed by atoms with Gasteiger partial charge in [0.25, 0.3) is 5.91 Å². The molecule has 4 rings (SSSR count). The van der Waals surface area contributed by atoms with E-state index in [9.17, 15) is 27.9 Å². The van der Waals surface area contributed by atoms with Crippen LogP contribution in [0, 0.1) is 17.2 Å². The highest BCUT2D eigenvalue weighted by Crippen LogP contribution is 2.62. The van der Waals surface area contributed by atoms with Crippen LogP contribution in [0.2, 0.25) is 0 Å². The molecule has 0 spiro atoms. The van der Waals surface area contributed by atoms with Gasteiger partial charge in [-0.25, -0.2) is 4.90 Å². The van der Waals surface area contributed by atoms with E-state index in [2.05, 4.69) is 0 Å². The van der Waals surface area contributed by atoms with Gasteiger partial charge >= 0.3 is 6.18 Å². The lowest BCUT2D eigenvalue weighted by atomic mass is 9.63. The first kappa shape index (κ1) is 18.9. The van der Waals surface area contributed by atoms with Crippen LogP contribution in [0.3, 0.4) is 0 Å². The number of carbonyl (C=O) groups excluding carboxylic acids is 2. The van der Waals surface area contributed by atoms with E-state index in [1.54, 1.807) is 6.92 Å². The molecule has 0 aliphatic carbocycles. The summed E-state index contributed by atoms with van der Waals surface area (Å²) in [7, 11) is 0. The van der Waals surface area contributed by atoms with Crippen molar-refractivity contribution in [1.29, 1.82) is 5.26 Å². The van der Waals surface area contributed by atoms with Crippen LogP contribution in [-0.4, -0.2) is 39.8 Å². The Kier molecular flexibility index (Phi) is 3.44. The van der Waals surface area contributed by atoms with Gasteiger partial charge < -0.3 is 15.6 Å². The third-order valence-electron chi connectivity index (χ3n) is 6.28. The molecule has 0 saturated carbocycles. The van der Waals surface area contributed by atoms with Gasteiger partial charge in [-0.05, 0) is 32.0 Å². The number of aliphatic hydroxyl groups is 1. The van der Waals surface area contributed by atoms with E-state index in [0.29, 0.717) is 11.0 Å². The Morgan fingerprint density at radius 2 is 2.00 bits per heavy atom. The maximum Gasteiger partial charge on any atom is 0.417 e. The van der Waals surface area contributed by atoms with Gasteiger partial charge in [0.15, 0.2) is 0 Å². The first-order valence-corrected chi connectivity index (χ1v) is 8.48. The summed E-state index contributed by atoms with van der Waals surface area (Å²) in [6, 6.07) is 4.03. The number of nitrogens with zero attached hydrogens (tertiary/aromatic N) is 2. The molecule has 3 saturated heterocycles. The molecule has 3 N–H and O–H groups in total. The minimum atomic E-state index is -4.85. The molecule has 3 aliphatic rings. The number of alkyl halides is 3. The van der Waals surface area contributed by atoms with Crippen molar-refractivity contribution in [3.05, 3.63) is 29.3 Å². The molecular weight excluding hydrogens is 379 g/mol. The summed E-state index contributed by atoms with van der Waals surface area (Å²) in [6.45, 7) is 2.98. The van der Waals surface area contributed by atoms with Crippen LogP contribution in [0.25, 0.3) is 0 Å². The van der Waals surface area contributed by atoms with E-state index in [4.69, 9.17) is 15.7 Å². The molecule has 1 aromatic carbocycles. The molecule has 3 fully saturated rings. The summed E-state index contributed by atoms with van der Waals surface area (Å²) >= 11 is 0. The molecule has 2 amide bonds. The van der Waals surface area contributed by atoms with Crippen LogP contribution in [0.4, 0.5) is 18.9 Å². The summed E-state index contributed by atoms with van der Waals surface area (Å²) in [5.41, 5.74) is -0.568. The number of hydrogen-bond donors (Lipinski definition) is 2. The predicted octanol–water partition coefficient (Wildman–Crippen LogP) is 1.08. The Morgan fingerprint density at radius 1 is 1.36 bits per heavy atom. The largest absolute Gasteiger partial charge is 0.417 e. The number of nitrogens with two attached hydrogens (primary N) is 1. The lowest BCUT2D eigenvalue weighted by Gasteiger charge is -2.40. The third kappa shape index (κ3) is 1.93. The van der Waals surface area contributed by atoms with E-state index in [1.165, 1.54) is 13.0 Å². The standard InChI is InChI=1S/C18H16F3N3O4/c1-15-6-11(25)16(2,28-15)17(23)12(15)13(26)24(14(17)27)9-4-3-8(7-22)10(5-9)18(19,20)21/h3-5,11-12,25H,6,23H2,1-2H3/t11-,12+,15?,16?,17+/m0/s1. The summed E-state index contributed by atoms with van der Waals surface area (Å²) in [5, 5.41) is 19.3. The lowest BCUT2D eigenvalue weighted by molar-refractivity contribution is -0.138. The Bertz CT molecular complexity index is 974. The first-order chi connectivity index (χ1) is 12.8. The Hall–Kier alpha value is -2.48. The maximum absolute atomic E-state index is 13.3. The van der Waals surface area contributed by atoms with Crippen molar-refractivity contribution < 1.29 is 32.6 Å². The van der Waals surface area contributed by atoms with E-state index in [-0.39, 0.29) is 12.1 Å². The number of fused-ring (bicyclic) bond motifs is 5. The average Bonchev–Trinajstić information content (AvgIpc) is 3.03. The highest BCUT2D eigenvalue weighted by Gasteiger charge is 2.82. The van der Waals surface area contributed by atoms with Gasteiger partial charge in [-0.3, -0.25) is 9.59 Å². The number of ether oxygens (including phenoxy) is 1. The quantitative estimate of drug-likeness (QED) is 0.688. The van der Waals surface area contributed by atoms with Gasteiger partial charge in [0.05, 0.1) is 40.5 Å². The van der Waals surface area contributed by atoms with Gasteiger partial charge in [-0.15, -0.1) is 0 Å². The van der Waals surface area contributed by atoms with Crippen LogP contribution in [-0.2, 0) is 20.5 Å². The average molecular weight is 395 g/mol. The van der Waals surface area contributed by atoms with Gasteiger partial charge in [-0.1, -0.05) is 0 Å². The minimum absolute atomic E-state index is 0.0706. The molecule has 7 nitrogen and oxygen atoms in total. The number of benzene rings is 1. The number of nitriles is 1. The summed E-state index contributed by atoms with van der Waals surface area (Å²) in [4.78, 5) is 26.8. The van der Waals surface area contributed by atoms with E-state index >= 15 is 0 Å². The molecule has 10 heteroatoms. The molecule has 2 bridgehead atoms. The molecule has 3 aliphatic heterocycles. The summed E-state index contributed by atoms with van der Waals surface area (Å²) in [6.07, 6.45) is -5.89. The van der Waals surface area contributed by atoms with Gasteiger partial charge in [0, 0.05) is 6.42 Å². The van der Waals surface area contributed by atoms with Crippen molar-refractivity contribution >= 4 is 17.5 Å². The minimum Gasteiger partial charge on any atom is -0.390 e. The summed E-state index contributed by atoms with van der Waals surface area (Å²) in [5.74, 6) is -2.88. The maximum atomic E-state index is 13.3. The second-order valence-corrected chi connectivity index (χ2v) is 7.86. The fourth-order valence-corrected chi connectivity index (χ4v) is 4.93. The van der Waals surface area contributed by atoms with Crippen LogP contribution in [0.5, 0.6) is 0 Å². The molecule has 2 unspecified atom stereocenters. The zero-order chi connectivity index (χ0) is 20.9. The zero-order valence-corrected chi connectivity index (χ0v) is 14.9. The number of anilines is 1. The number of rotatable bonds is 1. The van der Waals surface area contributed by atoms with Crippen molar-refractivity contribution in [2.75, 3.05) is 4.90 Å². The molecule has 5 atom stereocenters. The first-order valence-electron chi connectivity index (χ1n) is 8.48. The molecular formula is C18H16F3N3O4. The number of halogens is 3. The molecule has 28 heavy (non-hydrogen) atoms. The predicted molar refractivity (Wildman–Crippen MR) is 87.6 cm³/mol. The van der Waals surface area contributed by atoms with Crippen LogP contribution in [0.15, 0.2) is 18.2 Å². The highest BCUT2D eigenvalue weighted by molar-refractivity contribution is 6.27. The van der Waals surface area contributed by atoms with E-state index in [0.717, 1.165) is 12.1 Å². The molecule has 0 aromatic heterocycles. The fourth-order valence-electron chi connectivity index (χ4n) is 4.93. The number of aliphatic hydroxyl groups excluding tert-OH is 1. The van der Waals surface area contributed by atoms with Gasteiger partial charge in [-0.2, -0.15) is 18.4 Å². The van der Waals surface area contributed by atoms with Crippen molar-refractivity contribution in [2.24, 2.45) is 11.7 Å². The Balaban J connectivity index is 1.86. The van der Waals surface area contributed by atoms with Gasteiger partial charge in [0.1, 0.15) is 11.1 Å². The van der Waals surface area contributed by atoms with Crippen molar-refractivity contribution in [3.8, 4) is 6.07 Å². The van der Waals surface area contributed by atoms with Crippen LogP contribution >= 0.6 is 0 Å². The Labute approximate surface area is 157 Å². The van der Waals surface area contributed by atoms with E-state index in [1.807, 2.05) is 0 Å². The lowest BCUT2D eigenvalue weighted by Crippen LogP contribution is -2.69. The number of amides is 2. The second-order valence-electron chi connectivity index (χ2n) is 7.86. The topological polar surface area (TPSA) is 117 Å². The second kappa shape index (κ2) is 5.11. The van der Waals surface area contributed by atoms with Crippen LogP contribution in [0.1, 0.15) is 31.4 Å². The fraction of sp³-hybridized carbons (Fsp3) is 0.500. The molecule has 3 heterocycles. The number of hydrogen-bond acceptors (Lipinski definition) is 6. The van der Waals surface area contributed by atoms with Crippen LogP contribution < -0.4 is 10.6 Å². The monoisotopic (exact) mass is 395 g/mol. The van der Waals surface area contributed by atoms with Crippen molar-refractivity contribution in [3.63, 3.8) is 0 Å². The molecule has 1 aromatic rings. The normalized spacial score (nSPS) is 39.4. The number of carbonyl (C=O) groups is 2. The summed E-state index contributed by atoms with van der Waals surface area (Å²) < 4.78 is 45.7. The van der Waals surface area contributed by atoms with Crippen molar-refractivity contribution in [1.82, 2.24) is 0 Å². The number of imide groups is 1. The third-order valence-corrected chi connectivity index (χ3v) is 6.28. The smallest absolute Gasteiger partial charge is 0.390 e.